The van der Waals surface area contributed by atoms with E-state index < -0.39 is 6.17 Å². The molecule has 0 radical (unpaired) electrons. The summed E-state index contributed by atoms with van der Waals surface area (Å²) in [4.78, 5) is 1.89. The molecule has 0 aliphatic heterocycles. The number of hydrogen-bond donors (Lipinski definition) is 2. The van der Waals surface area contributed by atoms with Crippen molar-refractivity contribution in [1.29, 1.82) is 5.41 Å². The maximum absolute atomic E-state index is 9.05. The first-order chi connectivity index (χ1) is 15.8. The standard InChI is InChI=1S/C30H31N3/c1-30(2,3)26-20-18-25(19-21-26)29(32)33(27-12-8-5-9-13-27)28(31)24-16-14-23(15-17-24)22-10-6-4-7-11-22/h4-21,28,32H,31H2,1-3H3. The summed E-state index contributed by atoms with van der Waals surface area (Å²) in [6.45, 7) is 6.58. The van der Waals surface area contributed by atoms with Crippen LogP contribution in [-0.2, 0) is 5.41 Å². The monoisotopic (exact) mass is 433 g/mol. The fourth-order valence-electron chi connectivity index (χ4n) is 3.94. The van der Waals surface area contributed by atoms with E-state index in [9.17, 15) is 0 Å². The van der Waals surface area contributed by atoms with Crippen LogP contribution in [-0.4, -0.2) is 5.84 Å². The highest BCUT2D eigenvalue weighted by molar-refractivity contribution is 6.08. The summed E-state index contributed by atoms with van der Waals surface area (Å²) in [6, 6.07) is 36.8. The maximum Gasteiger partial charge on any atom is 0.134 e. The number of para-hydroxylation sites is 1. The van der Waals surface area contributed by atoms with Crippen LogP contribution < -0.4 is 10.6 Å². The lowest BCUT2D eigenvalue weighted by Gasteiger charge is -2.32. The van der Waals surface area contributed by atoms with Gasteiger partial charge in [0.2, 0.25) is 0 Å². The normalized spacial score (nSPS) is 12.2. The van der Waals surface area contributed by atoms with Crippen molar-refractivity contribution in [2.75, 3.05) is 4.90 Å². The molecule has 0 aliphatic carbocycles. The molecule has 0 fully saturated rings. The lowest BCUT2D eigenvalue weighted by molar-refractivity contribution is 0.590. The van der Waals surface area contributed by atoms with Gasteiger partial charge in [-0.15, -0.1) is 0 Å². The van der Waals surface area contributed by atoms with Gasteiger partial charge in [0.1, 0.15) is 12.0 Å². The molecular weight excluding hydrogens is 402 g/mol. The zero-order valence-electron chi connectivity index (χ0n) is 19.5. The molecule has 0 spiro atoms. The molecule has 4 aromatic rings. The van der Waals surface area contributed by atoms with E-state index >= 15 is 0 Å². The molecule has 4 rings (SSSR count). The second kappa shape index (κ2) is 9.43. The van der Waals surface area contributed by atoms with Crippen LogP contribution in [0.3, 0.4) is 0 Å². The zero-order valence-corrected chi connectivity index (χ0v) is 19.5. The SMILES string of the molecule is CC(C)(C)c1ccc(C(=N)N(c2ccccc2)C(N)c2ccc(-c3ccccc3)cc2)cc1. The fraction of sp³-hybridized carbons (Fsp3) is 0.167. The van der Waals surface area contributed by atoms with Gasteiger partial charge in [0, 0.05) is 11.3 Å². The number of anilines is 1. The minimum Gasteiger partial charge on any atom is -0.307 e. The highest BCUT2D eigenvalue weighted by atomic mass is 15.3. The Kier molecular flexibility index (Phi) is 6.43. The summed E-state index contributed by atoms with van der Waals surface area (Å²) in [5.41, 5.74) is 13.1. The van der Waals surface area contributed by atoms with Crippen molar-refractivity contribution < 1.29 is 0 Å². The number of nitrogens with zero attached hydrogens (tertiary/aromatic N) is 1. The molecule has 0 saturated carbocycles. The fourth-order valence-corrected chi connectivity index (χ4v) is 3.94. The molecule has 3 nitrogen and oxygen atoms in total. The second-order valence-corrected chi connectivity index (χ2v) is 9.31. The third kappa shape index (κ3) is 5.05. The minimum atomic E-state index is -0.494. The largest absolute Gasteiger partial charge is 0.307 e. The van der Waals surface area contributed by atoms with Crippen LogP contribution in [0.4, 0.5) is 5.69 Å². The van der Waals surface area contributed by atoms with Gasteiger partial charge in [-0.1, -0.05) is 118 Å². The molecule has 0 aliphatic rings. The zero-order chi connectivity index (χ0) is 23.4. The van der Waals surface area contributed by atoms with Crippen molar-refractivity contribution >= 4 is 11.5 Å². The Labute approximate surface area is 197 Å². The lowest BCUT2D eigenvalue weighted by atomic mass is 9.86. The summed E-state index contributed by atoms with van der Waals surface area (Å²) in [5.74, 6) is 0.376. The van der Waals surface area contributed by atoms with Crippen molar-refractivity contribution in [3.8, 4) is 11.1 Å². The smallest absolute Gasteiger partial charge is 0.134 e. The predicted molar refractivity (Wildman–Crippen MR) is 140 cm³/mol. The summed E-state index contributed by atoms with van der Waals surface area (Å²) < 4.78 is 0. The average molecular weight is 434 g/mol. The Morgan fingerprint density at radius 2 is 1.21 bits per heavy atom. The lowest BCUT2D eigenvalue weighted by Crippen LogP contribution is -2.39. The summed E-state index contributed by atoms with van der Waals surface area (Å²) >= 11 is 0. The number of hydrogen-bond acceptors (Lipinski definition) is 2. The van der Waals surface area contributed by atoms with Crippen LogP contribution >= 0.6 is 0 Å². The predicted octanol–water partition coefficient (Wildman–Crippen LogP) is 7.14. The van der Waals surface area contributed by atoms with Crippen LogP contribution in [0.15, 0.2) is 109 Å². The highest BCUT2D eigenvalue weighted by Crippen LogP contribution is 2.29. The average Bonchev–Trinajstić information content (AvgIpc) is 2.85. The van der Waals surface area contributed by atoms with Gasteiger partial charge in [0.25, 0.3) is 0 Å². The van der Waals surface area contributed by atoms with Crippen molar-refractivity contribution in [2.24, 2.45) is 5.73 Å². The van der Waals surface area contributed by atoms with E-state index in [1.54, 1.807) is 0 Å². The molecule has 1 unspecified atom stereocenters. The molecule has 166 valence electrons. The Balaban J connectivity index is 1.67. The van der Waals surface area contributed by atoms with Crippen LogP contribution in [0, 0.1) is 5.41 Å². The van der Waals surface area contributed by atoms with Gasteiger partial charge in [0.15, 0.2) is 0 Å². The van der Waals surface area contributed by atoms with Gasteiger partial charge in [0.05, 0.1) is 0 Å². The van der Waals surface area contributed by atoms with E-state index in [2.05, 4.69) is 69.3 Å². The van der Waals surface area contributed by atoms with E-state index in [-0.39, 0.29) is 5.41 Å². The van der Waals surface area contributed by atoms with E-state index in [1.165, 1.54) is 11.1 Å². The van der Waals surface area contributed by atoms with Crippen molar-refractivity contribution in [2.45, 2.75) is 32.4 Å². The van der Waals surface area contributed by atoms with Crippen LogP contribution in [0.25, 0.3) is 11.1 Å². The topological polar surface area (TPSA) is 53.1 Å². The number of rotatable bonds is 5. The van der Waals surface area contributed by atoms with Gasteiger partial charge in [-0.3, -0.25) is 5.41 Å². The van der Waals surface area contributed by atoms with Gasteiger partial charge in [-0.05, 0) is 39.8 Å². The van der Waals surface area contributed by atoms with E-state index in [0.717, 1.165) is 22.4 Å². The molecule has 3 heteroatoms. The van der Waals surface area contributed by atoms with Gasteiger partial charge in [-0.2, -0.15) is 0 Å². The first-order valence-corrected chi connectivity index (χ1v) is 11.3. The van der Waals surface area contributed by atoms with Crippen LogP contribution in [0.5, 0.6) is 0 Å². The first kappa shape index (κ1) is 22.5. The Bertz CT molecular complexity index is 1190. The second-order valence-electron chi connectivity index (χ2n) is 9.31. The first-order valence-electron chi connectivity index (χ1n) is 11.3. The van der Waals surface area contributed by atoms with Crippen LogP contribution in [0.2, 0.25) is 0 Å². The molecule has 4 aromatic carbocycles. The number of nitrogens with two attached hydrogens (primary N) is 1. The molecule has 33 heavy (non-hydrogen) atoms. The van der Waals surface area contributed by atoms with Gasteiger partial charge < -0.3 is 10.6 Å². The Morgan fingerprint density at radius 3 is 1.76 bits per heavy atom. The number of benzene rings is 4. The summed E-state index contributed by atoms with van der Waals surface area (Å²) in [6.07, 6.45) is -0.494. The van der Waals surface area contributed by atoms with Crippen molar-refractivity contribution in [3.05, 3.63) is 126 Å². The molecule has 1 atom stereocenters. The Hall–Kier alpha value is -3.69. The summed E-state index contributed by atoms with van der Waals surface area (Å²) in [7, 11) is 0. The molecule has 0 saturated heterocycles. The van der Waals surface area contributed by atoms with E-state index in [0.29, 0.717) is 5.84 Å². The summed E-state index contributed by atoms with van der Waals surface area (Å²) in [5, 5.41) is 9.05. The molecule has 0 heterocycles. The number of amidine groups is 1. The molecule has 0 aromatic heterocycles. The van der Waals surface area contributed by atoms with E-state index in [1.807, 2.05) is 65.6 Å². The quantitative estimate of drug-likeness (QED) is 0.200. The van der Waals surface area contributed by atoms with Gasteiger partial charge >= 0.3 is 0 Å². The molecule has 0 amide bonds. The number of nitrogens with one attached hydrogen (secondary N) is 1. The highest BCUT2D eigenvalue weighted by Gasteiger charge is 2.23. The molecule has 0 bridgehead atoms. The molecular formula is C30H31N3. The third-order valence-corrected chi connectivity index (χ3v) is 5.94. The Morgan fingerprint density at radius 1 is 0.697 bits per heavy atom. The third-order valence-electron chi connectivity index (χ3n) is 5.94. The molecule has 3 N–H and O–H groups in total. The maximum atomic E-state index is 9.05. The van der Waals surface area contributed by atoms with Crippen LogP contribution in [0.1, 0.15) is 43.6 Å². The minimum absolute atomic E-state index is 0.0662. The van der Waals surface area contributed by atoms with Crippen molar-refractivity contribution in [3.63, 3.8) is 0 Å². The van der Waals surface area contributed by atoms with E-state index in [4.69, 9.17) is 11.1 Å². The van der Waals surface area contributed by atoms with Crippen molar-refractivity contribution in [1.82, 2.24) is 0 Å². The van der Waals surface area contributed by atoms with Gasteiger partial charge in [-0.25, -0.2) is 0 Å².